The molecule has 0 fully saturated rings. The third kappa shape index (κ3) is 2.85. The first kappa shape index (κ1) is 12.1. The van der Waals surface area contributed by atoms with Crippen LogP contribution in [0, 0.1) is 13.8 Å². The predicted molar refractivity (Wildman–Crippen MR) is 72.5 cm³/mol. The first-order valence-electron chi connectivity index (χ1n) is 5.66. The van der Waals surface area contributed by atoms with Crippen LogP contribution in [0.5, 0.6) is 0 Å². The minimum atomic E-state index is -0.257. The van der Waals surface area contributed by atoms with E-state index in [0.29, 0.717) is 11.4 Å². The van der Waals surface area contributed by atoms with Crippen LogP contribution in [-0.4, -0.2) is 10.9 Å². The van der Waals surface area contributed by atoms with Crippen molar-refractivity contribution in [3.8, 4) is 0 Å². The van der Waals surface area contributed by atoms with Crippen LogP contribution in [0.4, 0.5) is 11.4 Å². The lowest BCUT2D eigenvalue weighted by atomic mass is 10.1. The number of pyridine rings is 1. The summed E-state index contributed by atoms with van der Waals surface area (Å²) in [5.41, 5.74) is 9.43. The van der Waals surface area contributed by atoms with Gasteiger partial charge in [-0.3, -0.25) is 9.78 Å². The Kier molecular flexibility index (Phi) is 3.28. The van der Waals surface area contributed by atoms with Gasteiger partial charge in [-0.2, -0.15) is 0 Å². The Balaban J connectivity index is 2.21. The number of aromatic nitrogens is 1. The molecule has 1 amide bonds. The monoisotopic (exact) mass is 241 g/mol. The van der Waals surface area contributed by atoms with Gasteiger partial charge in [-0.25, -0.2) is 0 Å². The Bertz CT molecular complexity index is 573. The number of carbonyl (C=O) groups is 1. The summed E-state index contributed by atoms with van der Waals surface area (Å²) in [7, 11) is 0. The number of rotatable bonds is 2. The third-order valence-electron chi connectivity index (χ3n) is 2.50. The summed E-state index contributed by atoms with van der Waals surface area (Å²) >= 11 is 0. The molecule has 2 aromatic rings. The van der Waals surface area contributed by atoms with E-state index in [0.717, 1.165) is 16.8 Å². The number of amides is 1. The Morgan fingerprint density at radius 2 is 1.83 bits per heavy atom. The van der Waals surface area contributed by atoms with Crippen molar-refractivity contribution in [2.75, 3.05) is 11.1 Å². The Hall–Kier alpha value is -2.36. The van der Waals surface area contributed by atoms with Crippen LogP contribution >= 0.6 is 0 Å². The SMILES string of the molecule is Cc1cc(C)cc(NC(=O)c2cc(N)ccn2)c1. The van der Waals surface area contributed by atoms with Gasteiger partial charge in [0.2, 0.25) is 0 Å². The number of carbonyl (C=O) groups excluding carboxylic acids is 1. The number of hydrogen-bond acceptors (Lipinski definition) is 3. The van der Waals surface area contributed by atoms with Gasteiger partial charge in [0, 0.05) is 17.6 Å². The maximum atomic E-state index is 12.0. The van der Waals surface area contributed by atoms with E-state index < -0.39 is 0 Å². The van der Waals surface area contributed by atoms with Gasteiger partial charge < -0.3 is 11.1 Å². The summed E-state index contributed by atoms with van der Waals surface area (Å²) in [6.07, 6.45) is 1.52. The standard InChI is InChI=1S/C14H15N3O/c1-9-5-10(2)7-12(6-9)17-14(18)13-8-11(15)3-4-16-13/h3-8H,1-2H3,(H2,15,16)(H,17,18). The van der Waals surface area contributed by atoms with Gasteiger partial charge >= 0.3 is 0 Å². The number of nitrogens with one attached hydrogen (secondary N) is 1. The molecule has 0 spiro atoms. The van der Waals surface area contributed by atoms with Crippen LogP contribution in [-0.2, 0) is 0 Å². The van der Waals surface area contributed by atoms with Gasteiger partial charge in [-0.15, -0.1) is 0 Å². The smallest absolute Gasteiger partial charge is 0.274 e. The molecule has 0 unspecified atom stereocenters. The van der Waals surface area contributed by atoms with Crippen molar-refractivity contribution >= 4 is 17.3 Å². The molecule has 1 heterocycles. The molecular formula is C14H15N3O. The van der Waals surface area contributed by atoms with Crippen molar-refractivity contribution in [3.05, 3.63) is 53.3 Å². The third-order valence-corrected chi connectivity index (χ3v) is 2.50. The quantitative estimate of drug-likeness (QED) is 0.849. The molecule has 0 aliphatic rings. The largest absolute Gasteiger partial charge is 0.399 e. The van der Waals surface area contributed by atoms with Crippen LogP contribution in [0.1, 0.15) is 21.6 Å². The highest BCUT2D eigenvalue weighted by atomic mass is 16.1. The van der Waals surface area contributed by atoms with Crippen molar-refractivity contribution in [2.24, 2.45) is 0 Å². The second-order valence-corrected chi connectivity index (χ2v) is 4.30. The second kappa shape index (κ2) is 4.87. The summed E-state index contributed by atoms with van der Waals surface area (Å²) in [6, 6.07) is 9.08. The van der Waals surface area contributed by atoms with E-state index in [-0.39, 0.29) is 5.91 Å². The van der Waals surface area contributed by atoms with Gasteiger partial charge in [0.05, 0.1) is 0 Å². The summed E-state index contributed by atoms with van der Waals surface area (Å²) in [5, 5.41) is 2.81. The zero-order valence-corrected chi connectivity index (χ0v) is 10.4. The molecule has 4 nitrogen and oxygen atoms in total. The first-order chi connectivity index (χ1) is 8.54. The van der Waals surface area contributed by atoms with Crippen molar-refractivity contribution < 1.29 is 4.79 Å². The number of nitrogens with two attached hydrogens (primary N) is 1. The highest BCUT2D eigenvalue weighted by Crippen LogP contribution is 2.15. The van der Waals surface area contributed by atoms with E-state index >= 15 is 0 Å². The molecule has 0 bridgehead atoms. The van der Waals surface area contributed by atoms with E-state index in [1.165, 1.54) is 6.20 Å². The fourth-order valence-electron chi connectivity index (χ4n) is 1.81. The lowest BCUT2D eigenvalue weighted by molar-refractivity contribution is 0.102. The fraction of sp³-hybridized carbons (Fsp3) is 0.143. The summed E-state index contributed by atoms with van der Waals surface area (Å²) in [4.78, 5) is 15.9. The lowest BCUT2D eigenvalue weighted by Gasteiger charge is -2.07. The van der Waals surface area contributed by atoms with Gasteiger partial charge in [-0.05, 0) is 49.2 Å². The van der Waals surface area contributed by atoms with Crippen molar-refractivity contribution in [3.63, 3.8) is 0 Å². The highest BCUT2D eigenvalue weighted by Gasteiger charge is 2.08. The number of benzene rings is 1. The topological polar surface area (TPSA) is 68.0 Å². The predicted octanol–water partition coefficient (Wildman–Crippen LogP) is 2.53. The van der Waals surface area contributed by atoms with Gasteiger partial charge in [0.1, 0.15) is 5.69 Å². The highest BCUT2D eigenvalue weighted by molar-refractivity contribution is 6.03. The molecule has 1 aromatic carbocycles. The summed E-state index contributed by atoms with van der Waals surface area (Å²) in [5.74, 6) is -0.257. The molecule has 92 valence electrons. The fourth-order valence-corrected chi connectivity index (χ4v) is 1.81. The van der Waals surface area contributed by atoms with Crippen LogP contribution in [0.15, 0.2) is 36.5 Å². The molecule has 4 heteroatoms. The number of nitrogens with zero attached hydrogens (tertiary/aromatic N) is 1. The van der Waals surface area contributed by atoms with Gasteiger partial charge in [0.15, 0.2) is 0 Å². The van der Waals surface area contributed by atoms with Gasteiger partial charge in [-0.1, -0.05) is 6.07 Å². The molecule has 3 N–H and O–H groups in total. The Labute approximate surface area is 106 Å². The number of aryl methyl sites for hydroxylation is 2. The molecule has 18 heavy (non-hydrogen) atoms. The van der Waals surface area contributed by atoms with Crippen molar-refractivity contribution in [1.29, 1.82) is 0 Å². The van der Waals surface area contributed by atoms with Crippen molar-refractivity contribution in [2.45, 2.75) is 13.8 Å². The van der Waals surface area contributed by atoms with E-state index in [9.17, 15) is 4.79 Å². The molecule has 1 aromatic heterocycles. The molecule has 0 aliphatic heterocycles. The van der Waals surface area contributed by atoms with Crippen LogP contribution < -0.4 is 11.1 Å². The van der Waals surface area contributed by atoms with Crippen LogP contribution in [0.25, 0.3) is 0 Å². The van der Waals surface area contributed by atoms with E-state index in [4.69, 9.17) is 5.73 Å². The zero-order chi connectivity index (χ0) is 13.1. The zero-order valence-electron chi connectivity index (χ0n) is 10.4. The summed E-state index contributed by atoms with van der Waals surface area (Å²) < 4.78 is 0. The first-order valence-corrected chi connectivity index (χ1v) is 5.66. The normalized spacial score (nSPS) is 10.1. The molecule has 0 radical (unpaired) electrons. The van der Waals surface area contributed by atoms with Crippen LogP contribution in [0.2, 0.25) is 0 Å². The molecule has 0 atom stereocenters. The minimum Gasteiger partial charge on any atom is -0.399 e. The lowest BCUT2D eigenvalue weighted by Crippen LogP contribution is -2.14. The number of nitrogen functional groups attached to an aromatic ring is 1. The van der Waals surface area contributed by atoms with E-state index in [1.54, 1.807) is 12.1 Å². The molecule has 0 saturated heterocycles. The van der Waals surface area contributed by atoms with Crippen molar-refractivity contribution in [1.82, 2.24) is 4.98 Å². The van der Waals surface area contributed by atoms with E-state index in [1.807, 2.05) is 26.0 Å². The average Bonchev–Trinajstić information content (AvgIpc) is 2.27. The number of anilines is 2. The molecular weight excluding hydrogens is 226 g/mol. The van der Waals surface area contributed by atoms with Crippen LogP contribution in [0.3, 0.4) is 0 Å². The molecule has 0 aliphatic carbocycles. The maximum absolute atomic E-state index is 12.0. The van der Waals surface area contributed by atoms with E-state index in [2.05, 4.69) is 16.4 Å². The maximum Gasteiger partial charge on any atom is 0.274 e. The minimum absolute atomic E-state index is 0.257. The Morgan fingerprint density at radius 1 is 1.17 bits per heavy atom. The van der Waals surface area contributed by atoms with Gasteiger partial charge in [0.25, 0.3) is 5.91 Å². The average molecular weight is 241 g/mol. The Morgan fingerprint density at radius 3 is 2.44 bits per heavy atom. The number of hydrogen-bond donors (Lipinski definition) is 2. The molecule has 2 rings (SSSR count). The summed E-state index contributed by atoms with van der Waals surface area (Å²) in [6.45, 7) is 3.98. The molecule has 0 saturated carbocycles. The second-order valence-electron chi connectivity index (χ2n) is 4.30.